The maximum absolute atomic E-state index is 9.23. The fraction of sp³-hybridized carbons (Fsp3) is 0.0667. The van der Waals surface area contributed by atoms with Crippen LogP contribution in [0.1, 0.15) is 11.1 Å². The highest BCUT2D eigenvalue weighted by atomic mass is 15.0. The second-order valence-corrected chi connectivity index (χ2v) is 3.91. The van der Waals surface area contributed by atoms with Crippen LogP contribution >= 0.6 is 0 Å². The summed E-state index contributed by atoms with van der Waals surface area (Å²) in [6, 6.07) is 20.8. The molecule has 0 heterocycles. The van der Waals surface area contributed by atoms with Gasteiger partial charge >= 0.3 is 0 Å². The summed E-state index contributed by atoms with van der Waals surface area (Å²) in [6.07, 6.45) is 1.62. The van der Waals surface area contributed by atoms with E-state index < -0.39 is 5.66 Å². The molecule has 0 bridgehead atoms. The summed E-state index contributed by atoms with van der Waals surface area (Å²) in [5.74, 6) is 0. The van der Waals surface area contributed by atoms with E-state index in [0.717, 1.165) is 5.56 Å². The van der Waals surface area contributed by atoms with Crippen molar-refractivity contribution in [2.45, 2.75) is 5.66 Å². The molecule has 0 aromatic heterocycles. The molecular weight excluding hydrogens is 222 g/mol. The average molecular weight is 235 g/mol. The third-order valence-electron chi connectivity index (χ3n) is 2.60. The van der Waals surface area contributed by atoms with Crippen LogP contribution in [0.25, 0.3) is 0 Å². The van der Waals surface area contributed by atoms with Crippen molar-refractivity contribution in [2.75, 3.05) is 0 Å². The lowest BCUT2D eigenvalue weighted by atomic mass is 10.0. The van der Waals surface area contributed by atoms with Crippen LogP contribution in [-0.2, 0) is 5.66 Å². The molecule has 2 aromatic carbocycles. The highest BCUT2D eigenvalue weighted by Gasteiger charge is 2.24. The molecule has 3 heteroatoms. The Labute approximate surface area is 106 Å². The van der Waals surface area contributed by atoms with Crippen LogP contribution in [0.15, 0.2) is 65.7 Å². The van der Waals surface area contributed by atoms with Gasteiger partial charge in [-0.05, 0) is 5.56 Å². The third kappa shape index (κ3) is 2.62. The maximum Gasteiger partial charge on any atom is 0.221 e. The van der Waals surface area contributed by atoms with Gasteiger partial charge in [0.05, 0.1) is 0 Å². The van der Waals surface area contributed by atoms with Crippen LogP contribution < -0.4 is 5.73 Å². The lowest BCUT2D eigenvalue weighted by Crippen LogP contribution is -2.32. The van der Waals surface area contributed by atoms with E-state index in [2.05, 4.69) is 4.99 Å². The van der Waals surface area contributed by atoms with Gasteiger partial charge in [-0.1, -0.05) is 60.7 Å². The molecule has 2 N–H and O–H groups in total. The molecule has 1 unspecified atom stereocenters. The van der Waals surface area contributed by atoms with Crippen LogP contribution in [0.5, 0.6) is 0 Å². The molecule has 3 nitrogen and oxygen atoms in total. The van der Waals surface area contributed by atoms with Gasteiger partial charge in [0, 0.05) is 11.8 Å². The Hall–Kier alpha value is -2.44. The van der Waals surface area contributed by atoms with E-state index >= 15 is 0 Å². The van der Waals surface area contributed by atoms with Gasteiger partial charge in [-0.15, -0.1) is 0 Å². The Bertz CT molecular complexity index is 570. The van der Waals surface area contributed by atoms with Crippen molar-refractivity contribution in [1.29, 1.82) is 5.26 Å². The van der Waals surface area contributed by atoms with Gasteiger partial charge in [-0.3, -0.25) is 10.7 Å². The molecule has 0 saturated carbocycles. The van der Waals surface area contributed by atoms with Gasteiger partial charge in [0.2, 0.25) is 5.66 Å². The van der Waals surface area contributed by atoms with E-state index in [-0.39, 0.29) is 0 Å². The van der Waals surface area contributed by atoms with Crippen LogP contribution in [-0.4, -0.2) is 6.21 Å². The summed E-state index contributed by atoms with van der Waals surface area (Å²) in [5.41, 5.74) is 6.27. The van der Waals surface area contributed by atoms with E-state index in [1.165, 1.54) is 0 Å². The van der Waals surface area contributed by atoms with Gasteiger partial charge in [0.1, 0.15) is 6.07 Å². The lowest BCUT2D eigenvalue weighted by molar-refractivity contribution is 0.616. The number of aliphatic imine (C=N–C) groups is 1. The van der Waals surface area contributed by atoms with E-state index in [4.69, 9.17) is 5.73 Å². The van der Waals surface area contributed by atoms with Crippen molar-refractivity contribution in [3.05, 3.63) is 71.8 Å². The SMILES string of the molecule is N#CC(N)(N=Cc1ccccc1)c1ccccc1. The fourth-order valence-electron chi connectivity index (χ4n) is 1.58. The number of nitrogens with two attached hydrogens (primary N) is 1. The number of hydrogen-bond acceptors (Lipinski definition) is 3. The first-order valence-corrected chi connectivity index (χ1v) is 5.60. The van der Waals surface area contributed by atoms with E-state index in [0.29, 0.717) is 5.56 Å². The number of hydrogen-bond donors (Lipinski definition) is 1. The predicted molar refractivity (Wildman–Crippen MR) is 72.0 cm³/mol. The Kier molecular flexibility index (Phi) is 3.52. The first-order valence-electron chi connectivity index (χ1n) is 5.60. The van der Waals surface area contributed by atoms with Gasteiger partial charge in [-0.2, -0.15) is 5.26 Å². The zero-order chi connectivity index (χ0) is 12.8. The fourth-order valence-corrected chi connectivity index (χ4v) is 1.58. The van der Waals surface area contributed by atoms with E-state index in [1.54, 1.807) is 18.3 Å². The van der Waals surface area contributed by atoms with E-state index in [1.807, 2.05) is 54.6 Å². The van der Waals surface area contributed by atoms with Crippen molar-refractivity contribution < 1.29 is 0 Å². The number of nitriles is 1. The Morgan fingerprint density at radius 3 is 2.11 bits per heavy atom. The standard InChI is InChI=1S/C15H13N3/c16-12-15(17,14-9-5-2-6-10-14)18-11-13-7-3-1-4-8-13/h1-11H,17H2. The molecule has 0 aliphatic rings. The number of nitrogens with zero attached hydrogens (tertiary/aromatic N) is 2. The highest BCUT2D eigenvalue weighted by Crippen LogP contribution is 2.18. The lowest BCUT2D eigenvalue weighted by Gasteiger charge is -2.16. The summed E-state index contributed by atoms with van der Waals surface area (Å²) in [6.45, 7) is 0. The zero-order valence-corrected chi connectivity index (χ0v) is 9.82. The minimum Gasteiger partial charge on any atom is -0.291 e. The maximum atomic E-state index is 9.23. The molecule has 88 valence electrons. The summed E-state index contributed by atoms with van der Waals surface area (Å²) in [5, 5.41) is 9.23. The van der Waals surface area contributed by atoms with Gasteiger partial charge in [-0.25, -0.2) is 0 Å². The molecule has 0 spiro atoms. The summed E-state index contributed by atoms with van der Waals surface area (Å²) in [4.78, 5) is 4.21. The zero-order valence-electron chi connectivity index (χ0n) is 9.82. The van der Waals surface area contributed by atoms with Crippen LogP contribution in [0.2, 0.25) is 0 Å². The Balaban J connectivity index is 2.30. The van der Waals surface area contributed by atoms with Crippen LogP contribution in [0, 0.1) is 11.3 Å². The molecular formula is C15H13N3. The quantitative estimate of drug-likeness (QED) is 0.830. The Morgan fingerprint density at radius 1 is 1.00 bits per heavy atom. The molecule has 18 heavy (non-hydrogen) atoms. The number of benzene rings is 2. The summed E-state index contributed by atoms with van der Waals surface area (Å²) < 4.78 is 0. The second-order valence-electron chi connectivity index (χ2n) is 3.91. The molecule has 2 aromatic rings. The topological polar surface area (TPSA) is 62.2 Å². The van der Waals surface area contributed by atoms with Gasteiger partial charge in [0.25, 0.3) is 0 Å². The molecule has 1 atom stereocenters. The normalized spacial score (nSPS) is 14.0. The van der Waals surface area contributed by atoms with Crippen molar-refractivity contribution in [3.63, 3.8) is 0 Å². The Morgan fingerprint density at radius 2 is 1.56 bits per heavy atom. The monoisotopic (exact) mass is 235 g/mol. The molecule has 0 aliphatic carbocycles. The third-order valence-corrected chi connectivity index (χ3v) is 2.60. The molecule has 0 amide bonds. The first kappa shape index (κ1) is 12.0. The summed E-state index contributed by atoms with van der Waals surface area (Å²) >= 11 is 0. The van der Waals surface area contributed by atoms with Crippen molar-refractivity contribution in [1.82, 2.24) is 0 Å². The predicted octanol–water partition coefficient (Wildman–Crippen LogP) is 2.44. The van der Waals surface area contributed by atoms with Gasteiger partial charge in [0.15, 0.2) is 0 Å². The average Bonchev–Trinajstić information content (AvgIpc) is 2.47. The number of rotatable bonds is 3. The van der Waals surface area contributed by atoms with Crippen molar-refractivity contribution in [3.8, 4) is 6.07 Å². The largest absolute Gasteiger partial charge is 0.291 e. The molecule has 0 saturated heterocycles. The molecule has 0 radical (unpaired) electrons. The molecule has 2 rings (SSSR count). The molecule has 0 aliphatic heterocycles. The minimum atomic E-state index is -1.34. The van der Waals surface area contributed by atoms with Crippen molar-refractivity contribution in [2.24, 2.45) is 10.7 Å². The molecule has 0 fully saturated rings. The van der Waals surface area contributed by atoms with Crippen LogP contribution in [0.4, 0.5) is 0 Å². The van der Waals surface area contributed by atoms with E-state index in [9.17, 15) is 5.26 Å². The van der Waals surface area contributed by atoms with Crippen LogP contribution in [0.3, 0.4) is 0 Å². The first-order chi connectivity index (χ1) is 8.74. The second kappa shape index (κ2) is 5.26. The van der Waals surface area contributed by atoms with Gasteiger partial charge < -0.3 is 0 Å². The highest BCUT2D eigenvalue weighted by molar-refractivity contribution is 5.80. The van der Waals surface area contributed by atoms with Crippen molar-refractivity contribution >= 4 is 6.21 Å². The minimum absolute atomic E-state index is 0.680. The summed E-state index contributed by atoms with van der Waals surface area (Å²) in [7, 11) is 0. The smallest absolute Gasteiger partial charge is 0.221 e.